The van der Waals surface area contributed by atoms with Crippen LogP contribution in [0.4, 0.5) is 10.2 Å². The number of morpholine rings is 1. The van der Waals surface area contributed by atoms with Crippen molar-refractivity contribution in [3.05, 3.63) is 47.4 Å². The average Bonchev–Trinajstić information content (AvgIpc) is 3.25. The summed E-state index contributed by atoms with van der Waals surface area (Å²) in [5, 5.41) is 6.64. The molecule has 3 aliphatic rings. The number of rotatable bonds is 3. The highest BCUT2D eigenvalue weighted by Crippen LogP contribution is 2.44. The minimum Gasteiger partial charge on any atom is -0.382 e. The number of hydrogen-bond donors (Lipinski definition) is 2. The predicted octanol–water partition coefficient (Wildman–Crippen LogP) is 2.17. The number of carbonyl (C=O) groups is 1. The second-order valence-electron chi connectivity index (χ2n) is 8.58. The van der Waals surface area contributed by atoms with Crippen LogP contribution in [0.3, 0.4) is 0 Å². The van der Waals surface area contributed by atoms with Gasteiger partial charge in [-0.1, -0.05) is 12.1 Å². The van der Waals surface area contributed by atoms with Gasteiger partial charge >= 0.3 is 0 Å². The molecule has 1 aromatic carbocycles. The molecule has 2 bridgehead atoms. The van der Waals surface area contributed by atoms with Crippen molar-refractivity contribution in [2.75, 3.05) is 25.4 Å². The van der Waals surface area contributed by atoms with Gasteiger partial charge in [-0.2, -0.15) is 5.10 Å². The molecule has 1 aromatic heterocycles. The van der Waals surface area contributed by atoms with Crippen LogP contribution in [0, 0.1) is 5.82 Å². The molecule has 8 heteroatoms. The van der Waals surface area contributed by atoms with Gasteiger partial charge in [0.05, 0.1) is 12.2 Å². The topological polar surface area (TPSA) is 87.5 Å². The van der Waals surface area contributed by atoms with Crippen LogP contribution < -0.4 is 5.73 Å². The van der Waals surface area contributed by atoms with Gasteiger partial charge in [0.1, 0.15) is 17.3 Å². The lowest BCUT2D eigenvalue weighted by Gasteiger charge is -2.50. The zero-order valence-electron chi connectivity index (χ0n) is 16.3. The average molecular weight is 399 g/mol. The number of carbonyl (C=O) groups excluding carboxylic acids is 1. The predicted molar refractivity (Wildman–Crippen MR) is 106 cm³/mol. The summed E-state index contributed by atoms with van der Waals surface area (Å²) in [4.78, 5) is 17.4. The van der Waals surface area contributed by atoms with Crippen molar-refractivity contribution in [3.8, 4) is 0 Å². The molecule has 7 nitrogen and oxygen atoms in total. The molecule has 1 spiro atoms. The summed E-state index contributed by atoms with van der Waals surface area (Å²) in [6.07, 6.45) is 3.70. The fraction of sp³-hybridized carbons (Fsp3) is 0.524. The van der Waals surface area contributed by atoms with Crippen LogP contribution in [0.5, 0.6) is 0 Å². The molecule has 0 aliphatic carbocycles. The SMILES string of the molecule is Nc1cc(C(=O)N2[C@@H]3CC[C@H]2CC2(C3)CN(Cc3ccc(F)cc3)CCO2)[nH]n1. The van der Waals surface area contributed by atoms with Gasteiger partial charge in [0.25, 0.3) is 5.91 Å². The summed E-state index contributed by atoms with van der Waals surface area (Å²) < 4.78 is 19.5. The van der Waals surface area contributed by atoms with E-state index in [0.29, 0.717) is 18.1 Å². The van der Waals surface area contributed by atoms with Crippen LogP contribution in [-0.2, 0) is 11.3 Å². The summed E-state index contributed by atoms with van der Waals surface area (Å²) in [6.45, 7) is 3.18. The third-order valence-corrected chi connectivity index (χ3v) is 6.54. The Balaban J connectivity index is 1.29. The number of nitrogen functional groups attached to an aromatic ring is 1. The molecule has 3 fully saturated rings. The van der Waals surface area contributed by atoms with Crippen LogP contribution in [0.25, 0.3) is 0 Å². The minimum atomic E-state index is -0.214. The number of amides is 1. The van der Waals surface area contributed by atoms with E-state index in [1.807, 2.05) is 17.0 Å². The zero-order valence-corrected chi connectivity index (χ0v) is 16.3. The first-order valence-electron chi connectivity index (χ1n) is 10.3. The Kier molecular flexibility index (Phi) is 4.55. The minimum absolute atomic E-state index is 0.0180. The molecule has 0 saturated carbocycles. The lowest BCUT2D eigenvalue weighted by atomic mass is 9.84. The molecule has 154 valence electrons. The lowest BCUT2D eigenvalue weighted by molar-refractivity contribution is -0.146. The molecule has 2 aromatic rings. The Morgan fingerprint density at radius 3 is 2.66 bits per heavy atom. The van der Waals surface area contributed by atoms with Crippen molar-refractivity contribution in [1.82, 2.24) is 20.0 Å². The molecule has 1 amide bonds. The zero-order chi connectivity index (χ0) is 20.0. The monoisotopic (exact) mass is 399 g/mol. The van der Waals surface area contributed by atoms with Gasteiger partial charge in [0.15, 0.2) is 0 Å². The van der Waals surface area contributed by atoms with E-state index in [1.165, 1.54) is 12.1 Å². The molecule has 3 saturated heterocycles. The fourth-order valence-electron chi connectivity index (χ4n) is 5.37. The number of piperidine rings is 1. The number of H-pyrrole nitrogens is 1. The molecule has 1 unspecified atom stereocenters. The molecule has 3 aliphatic heterocycles. The Morgan fingerprint density at radius 1 is 1.28 bits per heavy atom. The maximum absolute atomic E-state index is 13.2. The number of nitrogens with two attached hydrogens (primary N) is 1. The van der Waals surface area contributed by atoms with Gasteiger partial charge in [0, 0.05) is 37.8 Å². The van der Waals surface area contributed by atoms with Crippen LogP contribution in [0.2, 0.25) is 0 Å². The Labute approximate surface area is 169 Å². The summed E-state index contributed by atoms with van der Waals surface area (Å²) in [5.74, 6) is 0.108. The van der Waals surface area contributed by atoms with Crippen molar-refractivity contribution in [1.29, 1.82) is 0 Å². The largest absolute Gasteiger partial charge is 0.382 e. The van der Waals surface area contributed by atoms with Gasteiger partial charge in [-0.3, -0.25) is 14.8 Å². The van der Waals surface area contributed by atoms with E-state index < -0.39 is 0 Å². The van der Waals surface area contributed by atoms with Gasteiger partial charge in [0.2, 0.25) is 0 Å². The molecule has 4 heterocycles. The highest BCUT2D eigenvalue weighted by atomic mass is 19.1. The first kappa shape index (κ1) is 18.6. The number of aromatic amines is 1. The summed E-state index contributed by atoms with van der Waals surface area (Å²) in [7, 11) is 0. The summed E-state index contributed by atoms with van der Waals surface area (Å²) >= 11 is 0. The van der Waals surface area contributed by atoms with E-state index in [0.717, 1.165) is 50.9 Å². The van der Waals surface area contributed by atoms with Crippen molar-refractivity contribution in [2.24, 2.45) is 0 Å². The Bertz CT molecular complexity index is 885. The van der Waals surface area contributed by atoms with Gasteiger partial charge < -0.3 is 15.4 Å². The Morgan fingerprint density at radius 2 is 2.00 bits per heavy atom. The smallest absolute Gasteiger partial charge is 0.272 e. The molecule has 5 rings (SSSR count). The second-order valence-corrected chi connectivity index (χ2v) is 8.58. The first-order valence-corrected chi connectivity index (χ1v) is 10.3. The van der Waals surface area contributed by atoms with Gasteiger partial charge in [-0.25, -0.2) is 4.39 Å². The number of nitrogens with zero attached hydrogens (tertiary/aromatic N) is 3. The number of benzene rings is 1. The van der Waals surface area contributed by atoms with E-state index in [9.17, 15) is 9.18 Å². The number of hydrogen-bond acceptors (Lipinski definition) is 5. The Hall–Kier alpha value is -2.45. The maximum atomic E-state index is 13.2. The van der Waals surface area contributed by atoms with Crippen molar-refractivity contribution >= 4 is 11.7 Å². The quantitative estimate of drug-likeness (QED) is 0.826. The molecule has 3 N–H and O–H groups in total. The van der Waals surface area contributed by atoms with E-state index in [1.54, 1.807) is 6.07 Å². The summed E-state index contributed by atoms with van der Waals surface area (Å²) in [6, 6.07) is 8.68. The standard InChI is InChI=1S/C21H26FN5O2/c22-15-3-1-14(2-4-15)12-26-7-8-29-21(13-26)10-16-5-6-17(11-21)27(16)20(28)18-9-19(23)25-24-18/h1-4,9,16-17H,5-8,10-13H2,(H3,23,24,25)/t16-,17+,21?. The van der Waals surface area contributed by atoms with Gasteiger partial charge in [-0.05, 0) is 43.4 Å². The lowest BCUT2D eigenvalue weighted by Crippen LogP contribution is -2.60. The molecular formula is C21H26FN5O2. The molecule has 3 atom stereocenters. The number of aromatic nitrogens is 2. The number of ether oxygens (including phenoxy) is 1. The van der Waals surface area contributed by atoms with Crippen molar-refractivity contribution in [3.63, 3.8) is 0 Å². The van der Waals surface area contributed by atoms with E-state index in [-0.39, 0.29) is 29.4 Å². The highest BCUT2D eigenvalue weighted by Gasteiger charge is 2.52. The second kappa shape index (κ2) is 7.11. The van der Waals surface area contributed by atoms with Crippen molar-refractivity contribution in [2.45, 2.75) is 49.9 Å². The van der Waals surface area contributed by atoms with Crippen LogP contribution in [-0.4, -0.2) is 63.3 Å². The number of anilines is 1. The van der Waals surface area contributed by atoms with E-state index in [4.69, 9.17) is 10.5 Å². The third kappa shape index (κ3) is 3.51. The number of nitrogens with one attached hydrogen (secondary N) is 1. The molecular weight excluding hydrogens is 373 g/mol. The molecule has 29 heavy (non-hydrogen) atoms. The third-order valence-electron chi connectivity index (χ3n) is 6.54. The van der Waals surface area contributed by atoms with E-state index in [2.05, 4.69) is 15.1 Å². The van der Waals surface area contributed by atoms with Gasteiger partial charge in [-0.15, -0.1) is 0 Å². The fourth-order valence-corrected chi connectivity index (χ4v) is 5.37. The number of fused-ring (bicyclic) bond motifs is 2. The van der Waals surface area contributed by atoms with Crippen LogP contribution in [0.15, 0.2) is 30.3 Å². The normalized spacial score (nSPS) is 29.5. The van der Waals surface area contributed by atoms with Crippen LogP contribution >= 0.6 is 0 Å². The van der Waals surface area contributed by atoms with Crippen LogP contribution in [0.1, 0.15) is 41.7 Å². The van der Waals surface area contributed by atoms with E-state index >= 15 is 0 Å². The first-order chi connectivity index (χ1) is 14.0. The molecule has 0 radical (unpaired) electrons. The highest BCUT2D eigenvalue weighted by molar-refractivity contribution is 5.93. The summed E-state index contributed by atoms with van der Waals surface area (Å²) in [5.41, 5.74) is 7.02. The number of halogens is 1. The maximum Gasteiger partial charge on any atom is 0.272 e. The van der Waals surface area contributed by atoms with Crippen molar-refractivity contribution < 1.29 is 13.9 Å².